The first kappa shape index (κ1) is 28.5. The van der Waals surface area contributed by atoms with Gasteiger partial charge in [0.15, 0.2) is 8.32 Å². The summed E-state index contributed by atoms with van der Waals surface area (Å²) in [5, 5.41) is 19.5. The number of allylic oxidation sites excluding steroid dienone is 3. The molecule has 0 aromatic heterocycles. The number of aliphatic carboxylic acids is 1. The van der Waals surface area contributed by atoms with Crippen LogP contribution in [-0.4, -0.2) is 36.7 Å². The second-order valence-corrected chi connectivity index (χ2v) is 16.0. The Bertz CT molecular complexity index is 794. The van der Waals surface area contributed by atoms with Gasteiger partial charge in [-0.15, -0.1) is 0 Å². The van der Waals surface area contributed by atoms with Crippen LogP contribution >= 0.6 is 0 Å². The van der Waals surface area contributed by atoms with E-state index in [1.807, 2.05) is 0 Å². The molecule has 0 saturated heterocycles. The van der Waals surface area contributed by atoms with Gasteiger partial charge in [0.1, 0.15) is 0 Å². The number of aliphatic hydroxyl groups excluding tert-OH is 1. The van der Waals surface area contributed by atoms with Gasteiger partial charge < -0.3 is 14.6 Å². The van der Waals surface area contributed by atoms with Gasteiger partial charge in [-0.2, -0.15) is 0 Å². The fourth-order valence-corrected chi connectivity index (χ4v) is 5.67. The number of benzene rings is 1. The molecule has 0 amide bonds. The van der Waals surface area contributed by atoms with E-state index in [-0.39, 0.29) is 29.6 Å². The number of carboxylic acid groups (broad SMARTS) is 1. The van der Waals surface area contributed by atoms with E-state index in [0.717, 1.165) is 38.5 Å². The monoisotopic (exact) mass is 486 g/mol. The van der Waals surface area contributed by atoms with Crippen molar-refractivity contribution in [2.24, 2.45) is 11.8 Å². The minimum absolute atomic E-state index is 0.0750. The zero-order valence-electron chi connectivity index (χ0n) is 21.9. The number of hydrogen-bond donors (Lipinski definition) is 2. The minimum Gasteiger partial charge on any atom is -0.481 e. The second-order valence-electron chi connectivity index (χ2n) is 11.3. The highest BCUT2D eigenvalue weighted by atomic mass is 28.4. The molecule has 0 aliphatic heterocycles. The van der Waals surface area contributed by atoms with Gasteiger partial charge in [-0.25, -0.2) is 0 Å². The number of carboxylic acids is 1. The Morgan fingerprint density at radius 1 is 1.18 bits per heavy atom. The third kappa shape index (κ3) is 9.51. The van der Waals surface area contributed by atoms with Crippen LogP contribution in [0.5, 0.6) is 0 Å². The van der Waals surface area contributed by atoms with E-state index in [4.69, 9.17) is 9.53 Å². The Labute approximate surface area is 208 Å². The van der Waals surface area contributed by atoms with Crippen LogP contribution in [0.2, 0.25) is 18.1 Å². The van der Waals surface area contributed by atoms with E-state index in [1.165, 1.54) is 5.56 Å². The summed E-state index contributed by atoms with van der Waals surface area (Å²) in [6.07, 6.45) is 14.8. The van der Waals surface area contributed by atoms with Gasteiger partial charge in [0.25, 0.3) is 0 Å². The molecule has 0 unspecified atom stereocenters. The first-order valence-electron chi connectivity index (χ1n) is 12.9. The molecule has 1 saturated carbocycles. The van der Waals surface area contributed by atoms with Crippen molar-refractivity contribution in [3.63, 3.8) is 0 Å². The average Bonchev–Trinajstić information content (AvgIpc) is 3.11. The number of aliphatic hydroxyl groups is 1. The van der Waals surface area contributed by atoms with Gasteiger partial charge in [-0.05, 0) is 80.5 Å². The van der Waals surface area contributed by atoms with Gasteiger partial charge in [-0.1, -0.05) is 75.4 Å². The smallest absolute Gasteiger partial charge is 0.303 e. The summed E-state index contributed by atoms with van der Waals surface area (Å²) in [5.41, 5.74) is 1.34. The number of aryl methyl sites for hydroxylation is 1. The van der Waals surface area contributed by atoms with Gasteiger partial charge in [0.2, 0.25) is 0 Å². The lowest BCUT2D eigenvalue weighted by molar-refractivity contribution is -0.137. The lowest BCUT2D eigenvalue weighted by atomic mass is 9.90. The van der Waals surface area contributed by atoms with Gasteiger partial charge in [0.05, 0.1) is 12.2 Å². The SMILES string of the molecule is CC(C)(C)[Si](C)(C)O[C@H](/C=C/[C@H]1CC[C@H](O)[C@@H]1C/C=C\CCCC(=O)O)CCc1ccccc1. The molecule has 1 aliphatic rings. The van der Waals surface area contributed by atoms with Crippen LogP contribution in [-0.2, 0) is 15.6 Å². The van der Waals surface area contributed by atoms with Crippen molar-refractivity contribution >= 4 is 14.3 Å². The van der Waals surface area contributed by atoms with Crippen molar-refractivity contribution < 1.29 is 19.4 Å². The zero-order chi connectivity index (χ0) is 25.2. The number of unbranched alkanes of at least 4 members (excludes halogenated alkanes) is 1. The zero-order valence-corrected chi connectivity index (χ0v) is 22.9. The Balaban J connectivity index is 2.03. The molecule has 1 fully saturated rings. The summed E-state index contributed by atoms with van der Waals surface area (Å²) in [6.45, 7) is 11.5. The standard InChI is InChI=1S/C29H46O4Si/c1-29(2,3)34(4,5)33-25(20-17-23-13-9-8-10-14-23)21-18-24-19-22-27(30)26(24)15-11-6-7-12-16-28(31)32/h6,8-11,13-14,18,21,24-27,30H,7,12,15-17,19-20,22H2,1-5H3,(H,31,32)/b11-6-,21-18+/t24-,25-,26+,27-/m0/s1. The van der Waals surface area contributed by atoms with Crippen molar-refractivity contribution in [3.05, 3.63) is 60.2 Å². The van der Waals surface area contributed by atoms with E-state index in [1.54, 1.807) is 0 Å². The lowest BCUT2D eigenvalue weighted by Gasteiger charge is -2.38. The fourth-order valence-electron chi connectivity index (χ4n) is 4.36. The maximum absolute atomic E-state index is 10.7. The number of carbonyl (C=O) groups is 1. The molecule has 1 aromatic carbocycles. The highest BCUT2D eigenvalue weighted by Crippen LogP contribution is 2.39. The summed E-state index contributed by atoms with van der Waals surface area (Å²) < 4.78 is 6.82. The van der Waals surface area contributed by atoms with Crippen molar-refractivity contribution in [2.75, 3.05) is 0 Å². The van der Waals surface area contributed by atoms with Gasteiger partial charge in [0, 0.05) is 6.42 Å². The first-order chi connectivity index (χ1) is 16.0. The Hall–Kier alpha value is -1.69. The molecule has 34 heavy (non-hydrogen) atoms. The molecule has 1 aromatic rings. The summed E-state index contributed by atoms with van der Waals surface area (Å²) in [7, 11) is -1.91. The second kappa shape index (κ2) is 13.4. The van der Waals surface area contributed by atoms with Gasteiger partial charge >= 0.3 is 5.97 Å². The Morgan fingerprint density at radius 2 is 1.88 bits per heavy atom. The first-order valence-corrected chi connectivity index (χ1v) is 15.9. The molecule has 0 radical (unpaired) electrons. The molecule has 0 spiro atoms. The molecule has 0 heterocycles. The van der Waals surface area contributed by atoms with Crippen LogP contribution in [0, 0.1) is 11.8 Å². The summed E-state index contributed by atoms with van der Waals surface area (Å²) >= 11 is 0. The highest BCUT2D eigenvalue weighted by Gasteiger charge is 2.39. The van der Waals surface area contributed by atoms with E-state index < -0.39 is 14.3 Å². The fraction of sp³-hybridized carbons (Fsp3) is 0.621. The molecule has 5 heteroatoms. The van der Waals surface area contributed by atoms with Crippen LogP contribution in [0.4, 0.5) is 0 Å². The largest absolute Gasteiger partial charge is 0.481 e. The Kier molecular flexibility index (Phi) is 11.3. The van der Waals surface area contributed by atoms with Crippen LogP contribution in [0.1, 0.15) is 71.3 Å². The molecule has 1 aliphatic carbocycles. The van der Waals surface area contributed by atoms with Crippen LogP contribution in [0.25, 0.3) is 0 Å². The van der Waals surface area contributed by atoms with E-state index in [9.17, 15) is 9.90 Å². The van der Waals surface area contributed by atoms with Gasteiger partial charge in [-0.3, -0.25) is 4.79 Å². The Morgan fingerprint density at radius 3 is 2.53 bits per heavy atom. The molecule has 2 N–H and O–H groups in total. The maximum atomic E-state index is 10.7. The van der Waals surface area contributed by atoms with Crippen LogP contribution in [0.15, 0.2) is 54.6 Å². The average molecular weight is 487 g/mol. The van der Waals surface area contributed by atoms with E-state index in [0.29, 0.717) is 12.3 Å². The van der Waals surface area contributed by atoms with Crippen molar-refractivity contribution in [1.82, 2.24) is 0 Å². The van der Waals surface area contributed by atoms with Crippen molar-refractivity contribution in [2.45, 2.75) is 102 Å². The number of rotatable bonds is 13. The van der Waals surface area contributed by atoms with Crippen LogP contribution < -0.4 is 0 Å². The summed E-state index contributed by atoms with van der Waals surface area (Å²) in [5.74, 6) is -0.179. The molecular formula is C29H46O4Si. The topological polar surface area (TPSA) is 66.8 Å². The third-order valence-corrected chi connectivity index (χ3v) is 12.1. The normalized spacial score (nSPS) is 22.6. The quantitative estimate of drug-likeness (QED) is 0.176. The molecule has 4 atom stereocenters. The predicted molar refractivity (Wildman–Crippen MR) is 143 cm³/mol. The third-order valence-electron chi connectivity index (χ3n) is 7.56. The molecule has 2 rings (SSSR count). The minimum atomic E-state index is -1.91. The van der Waals surface area contributed by atoms with Crippen LogP contribution in [0.3, 0.4) is 0 Å². The predicted octanol–water partition coefficient (Wildman–Crippen LogP) is 7.15. The molecule has 0 bridgehead atoms. The molecular weight excluding hydrogens is 440 g/mol. The summed E-state index contributed by atoms with van der Waals surface area (Å²) in [4.78, 5) is 10.7. The van der Waals surface area contributed by atoms with E-state index in [2.05, 4.69) is 88.5 Å². The number of hydrogen-bond acceptors (Lipinski definition) is 3. The van der Waals surface area contributed by atoms with Crippen molar-refractivity contribution in [1.29, 1.82) is 0 Å². The molecule has 190 valence electrons. The lowest BCUT2D eigenvalue weighted by Crippen LogP contribution is -2.43. The van der Waals surface area contributed by atoms with E-state index >= 15 is 0 Å². The molecule has 4 nitrogen and oxygen atoms in total. The maximum Gasteiger partial charge on any atom is 0.303 e. The summed E-state index contributed by atoms with van der Waals surface area (Å²) in [6, 6.07) is 10.6. The highest BCUT2D eigenvalue weighted by molar-refractivity contribution is 6.74. The van der Waals surface area contributed by atoms with Crippen molar-refractivity contribution in [3.8, 4) is 0 Å².